The fraction of sp³-hybridized carbons (Fsp3) is 0.500. The Bertz CT molecular complexity index is 1230. The molecular weight excluding hydrogens is 453 g/mol. The van der Waals surface area contributed by atoms with Crippen molar-refractivity contribution in [2.75, 3.05) is 18.1 Å². The molecule has 11 heteroatoms. The topological polar surface area (TPSA) is 117 Å². The highest BCUT2D eigenvalue weighted by molar-refractivity contribution is 6.28. The van der Waals surface area contributed by atoms with E-state index in [-0.39, 0.29) is 22.2 Å². The van der Waals surface area contributed by atoms with Gasteiger partial charge in [0.1, 0.15) is 24.1 Å². The summed E-state index contributed by atoms with van der Waals surface area (Å²) in [5.41, 5.74) is 1.97. The molecule has 1 saturated heterocycles. The van der Waals surface area contributed by atoms with Gasteiger partial charge in [0.25, 0.3) is 0 Å². The number of anilines is 2. The number of aromatic nitrogens is 4. The van der Waals surface area contributed by atoms with Gasteiger partial charge in [0.15, 0.2) is 23.2 Å². The van der Waals surface area contributed by atoms with Crippen LogP contribution in [0.15, 0.2) is 24.5 Å². The van der Waals surface area contributed by atoms with E-state index in [0.29, 0.717) is 23.6 Å². The Morgan fingerprint density at radius 3 is 2.70 bits per heavy atom. The molecule has 3 N–H and O–H groups in total. The lowest BCUT2D eigenvalue weighted by atomic mass is 9.81. The highest BCUT2D eigenvalue weighted by Gasteiger charge is 2.48. The van der Waals surface area contributed by atoms with Crippen molar-refractivity contribution in [2.45, 2.75) is 55.6 Å². The molecule has 0 unspecified atom stereocenters. The third-order valence-electron chi connectivity index (χ3n) is 7.27. The van der Waals surface area contributed by atoms with Crippen LogP contribution in [-0.4, -0.2) is 66.3 Å². The van der Waals surface area contributed by atoms with Crippen molar-refractivity contribution in [1.82, 2.24) is 19.5 Å². The monoisotopic (exact) mass is 475 g/mol. The lowest BCUT2D eigenvalue weighted by Gasteiger charge is -2.25. The third-order valence-corrected chi connectivity index (χ3v) is 7.44. The molecule has 2 aliphatic heterocycles. The van der Waals surface area contributed by atoms with Crippen LogP contribution in [0.4, 0.5) is 15.9 Å². The highest BCUT2D eigenvalue weighted by atomic mass is 35.5. The predicted octanol–water partition coefficient (Wildman–Crippen LogP) is 2.19. The van der Waals surface area contributed by atoms with E-state index in [4.69, 9.17) is 16.3 Å². The van der Waals surface area contributed by atoms with Gasteiger partial charge < -0.3 is 25.0 Å². The van der Waals surface area contributed by atoms with E-state index >= 15 is 4.39 Å². The Kier molecular flexibility index (Phi) is 4.86. The van der Waals surface area contributed by atoms with Gasteiger partial charge >= 0.3 is 0 Å². The molecule has 2 aromatic heterocycles. The van der Waals surface area contributed by atoms with Crippen molar-refractivity contribution < 1.29 is 24.4 Å². The average molecular weight is 476 g/mol. The molecule has 1 spiro atoms. The molecule has 33 heavy (non-hydrogen) atoms. The van der Waals surface area contributed by atoms with Gasteiger partial charge in [-0.25, -0.2) is 9.37 Å². The first-order valence-corrected chi connectivity index (χ1v) is 11.4. The zero-order valence-corrected chi connectivity index (χ0v) is 18.4. The number of hydrogen-bond acceptors (Lipinski definition) is 8. The second-order valence-corrected chi connectivity index (χ2v) is 9.42. The molecule has 9 nitrogen and oxygen atoms in total. The van der Waals surface area contributed by atoms with Crippen molar-refractivity contribution in [3.8, 4) is 0 Å². The van der Waals surface area contributed by atoms with E-state index < -0.39 is 31.1 Å². The number of ether oxygens (including phenoxy) is 1. The first kappa shape index (κ1) is 21.2. The van der Waals surface area contributed by atoms with Gasteiger partial charge in [0.2, 0.25) is 5.28 Å². The summed E-state index contributed by atoms with van der Waals surface area (Å²) in [5, 5.41) is 30.0. The maximum absolute atomic E-state index is 15.1. The summed E-state index contributed by atoms with van der Waals surface area (Å²) in [7, 11) is 0. The minimum atomic E-state index is -1.30. The van der Waals surface area contributed by atoms with Crippen LogP contribution in [0.25, 0.3) is 11.2 Å². The van der Waals surface area contributed by atoms with Crippen LogP contribution in [0.2, 0.25) is 5.28 Å². The Morgan fingerprint density at radius 1 is 1.18 bits per heavy atom. The minimum Gasteiger partial charge on any atom is -0.394 e. The second kappa shape index (κ2) is 7.57. The highest BCUT2D eigenvalue weighted by Crippen LogP contribution is 2.53. The molecule has 3 aliphatic rings. The summed E-state index contributed by atoms with van der Waals surface area (Å²) in [6, 6.07) is 5.18. The Balaban J connectivity index is 1.49. The van der Waals surface area contributed by atoms with Crippen LogP contribution in [-0.2, 0) is 10.2 Å². The molecule has 0 amide bonds. The number of nitrogens with zero attached hydrogens (tertiary/aromatic N) is 5. The summed E-state index contributed by atoms with van der Waals surface area (Å²) < 4.78 is 22.2. The van der Waals surface area contributed by atoms with Gasteiger partial charge in [-0.1, -0.05) is 25.0 Å². The van der Waals surface area contributed by atoms with Crippen molar-refractivity contribution in [1.29, 1.82) is 0 Å². The summed E-state index contributed by atoms with van der Waals surface area (Å²) >= 11 is 6.30. The Morgan fingerprint density at radius 2 is 1.97 bits per heavy atom. The fourth-order valence-corrected chi connectivity index (χ4v) is 5.86. The number of imidazole rings is 1. The number of aliphatic hydroxyl groups excluding tert-OH is 3. The number of rotatable bonds is 3. The second-order valence-electron chi connectivity index (χ2n) is 9.08. The molecular formula is C22H23ClFN5O4. The summed E-state index contributed by atoms with van der Waals surface area (Å²) in [5.74, 6) is 0.0488. The van der Waals surface area contributed by atoms with E-state index in [1.54, 1.807) is 6.07 Å². The maximum atomic E-state index is 15.1. The molecule has 3 aromatic rings. The Labute approximate surface area is 193 Å². The lowest BCUT2D eigenvalue weighted by molar-refractivity contribution is -0.0511. The predicted molar refractivity (Wildman–Crippen MR) is 117 cm³/mol. The van der Waals surface area contributed by atoms with Crippen molar-refractivity contribution in [3.05, 3.63) is 41.2 Å². The number of para-hydroxylation sites is 1. The molecule has 0 bridgehead atoms. The van der Waals surface area contributed by atoms with Gasteiger partial charge in [0.05, 0.1) is 18.6 Å². The molecule has 0 radical (unpaired) electrons. The molecule has 4 heterocycles. The number of hydrogen-bond donors (Lipinski definition) is 3. The smallest absolute Gasteiger partial charge is 0.226 e. The van der Waals surface area contributed by atoms with Crippen LogP contribution in [0.5, 0.6) is 0 Å². The molecule has 6 rings (SSSR count). The number of benzene rings is 1. The van der Waals surface area contributed by atoms with Crippen molar-refractivity contribution in [3.63, 3.8) is 0 Å². The standard InChI is InChI=1S/C22H23ClFN5O4/c23-21-26-18(28-9-22(6-1-2-7-22)11-4-3-5-12(24)15(11)28)14-19(27-21)29(10-25-14)20-17(32)16(31)13(8-30)33-20/h3-5,10,13,16-17,20,30-32H,1-2,6-9H2/t13-,16-,17-,20-/m1/s1. The van der Waals surface area contributed by atoms with Crippen LogP contribution in [0, 0.1) is 5.82 Å². The summed E-state index contributed by atoms with van der Waals surface area (Å²) in [6.07, 6.45) is 0.999. The van der Waals surface area contributed by atoms with Gasteiger partial charge in [-0.05, 0) is 36.1 Å². The zero-order chi connectivity index (χ0) is 22.9. The molecule has 1 aromatic carbocycles. The van der Waals surface area contributed by atoms with E-state index in [1.165, 1.54) is 17.0 Å². The maximum Gasteiger partial charge on any atom is 0.226 e. The normalized spacial score (nSPS) is 28.3. The van der Waals surface area contributed by atoms with E-state index in [9.17, 15) is 15.3 Å². The minimum absolute atomic E-state index is 0.0590. The van der Waals surface area contributed by atoms with Gasteiger partial charge in [-0.3, -0.25) is 4.57 Å². The van der Waals surface area contributed by atoms with Crippen LogP contribution >= 0.6 is 11.6 Å². The van der Waals surface area contributed by atoms with Crippen molar-refractivity contribution in [2.24, 2.45) is 0 Å². The quantitative estimate of drug-likeness (QED) is 0.494. The Hall–Kier alpha value is -2.37. The third kappa shape index (κ3) is 3.01. The van der Waals surface area contributed by atoms with Crippen LogP contribution in [0.3, 0.4) is 0 Å². The van der Waals surface area contributed by atoms with E-state index in [2.05, 4.69) is 15.0 Å². The molecule has 1 aliphatic carbocycles. The SMILES string of the molecule is OC[C@H]1O[C@@H](n2cnc3c(N4CC5(CCCC5)c5cccc(F)c54)nc(Cl)nc32)[C@H](O)[C@@H]1O. The molecule has 174 valence electrons. The average Bonchev–Trinajstić information content (AvgIpc) is 3.57. The lowest BCUT2D eigenvalue weighted by Crippen LogP contribution is -2.33. The first-order chi connectivity index (χ1) is 15.9. The number of fused-ring (bicyclic) bond motifs is 3. The van der Waals surface area contributed by atoms with Crippen LogP contribution < -0.4 is 4.90 Å². The van der Waals surface area contributed by atoms with Crippen molar-refractivity contribution >= 4 is 34.3 Å². The summed E-state index contributed by atoms with van der Waals surface area (Å²) in [4.78, 5) is 15.0. The first-order valence-electron chi connectivity index (χ1n) is 11.0. The van der Waals surface area contributed by atoms with Crippen LogP contribution in [0.1, 0.15) is 37.5 Å². The molecule has 2 fully saturated rings. The fourth-order valence-electron chi connectivity index (χ4n) is 5.70. The largest absolute Gasteiger partial charge is 0.394 e. The molecule has 4 atom stereocenters. The van der Waals surface area contributed by atoms with Gasteiger partial charge in [-0.15, -0.1) is 0 Å². The number of aliphatic hydroxyl groups is 3. The van der Waals surface area contributed by atoms with E-state index in [1.807, 2.05) is 11.0 Å². The molecule has 1 saturated carbocycles. The zero-order valence-electron chi connectivity index (χ0n) is 17.6. The number of halogens is 2. The van der Waals surface area contributed by atoms with Gasteiger partial charge in [-0.2, -0.15) is 9.97 Å². The van der Waals surface area contributed by atoms with E-state index in [0.717, 1.165) is 31.2 Å². The van der Waals surface area contributed by atoms with Gasteiger partial charge in [0, 0.05) is 12.0 Å². The summed E-state index contributed by atoms with van der Waals surface area (Å²) in [6.45, 7) is 0.112.